The molecule has 0 aromatic rings. The topological polar surface area (TPSA) is 0 Å². The first kappa shape index (κ1) is 24.8. The quantitative estimate of drug-likeness (QED) is 0.406. The molecule has 0 spiro atoms. The van der Waals surface area contributed by atoms with Gasteiger partial charge in [-0.2, -0.15) is 0 Å². The molecule has 0 heterocycles. The number of hydrogen-bond acceptors (Lipinski definition) is 0. The van der Waals surface area contributed by atoms with E-state index in [9.17, 15) is 0 Å². The molecule has 4 heteroatoms. The summed E-state index contributed by atoms with van der Waals surface area (Å²) in [4.78, 5) is 0. The average Bonchev–Trinajstić information content (AvgIpc) is 0. The van der Waals surface area contributed by atoms with Crippen molar-refractivity contribution < 1.29 is 41.7 Å². The van der Waals surface area contributed by atoms with Crippen molar-refractivity contribution >= 4 is 74.6 Å². The average molecular weight is 384 g/mol. The van der Waals surface area contributed by atoms with Crippen LogP contribution >= 0.6 is 0 Å². The van der Waals surface area contributed by atoms with Crippen LogP contribution in [0.1, 0.15) is 0 Å². The fourth-order valence-corrected chi connectivity index (χ4v) is 0. The first-order valence-corrected chi connectivity index (χ1v) is 0. The SMILES string of the molecule is [BiH3].[Ce].[LiH].[NaH]. The van der Waals surface area contributed by atoms with E-state index in [1.807, 2.05) is 0 Å². The Morgan fingerprint density at radius 1 is 1.00 bits per heavy atom. The molecule has 0 nitrogen and oxygen atoms in total. The summed E-state index contributed by atoms with van der Waals surface area (Å²) in [5.41, 5.74) is 0. The molecule has 0 aliphatic heterocycles. The van der Waals surface area contributed by atoms with E-state index in [0.29, 0.717) is 0 Å². The van der Waals surface area contributed by atoms with Gasteiger partial charge >= 0.3 is 74.6 Å². The predicted molar refractivity (Wildman–Crippen MR) is 24.2 cm³/mol. The molecule has 0 fully saturated rings. The zero-order valence-electron chi connectivity index (χ0n) is 1.21. The Hall–Kier alpha value is 3.86. The summed E-state index contributed by atoms with van der Waals surface area (Å²) in [7, 11) is 0. The maximum atomic E-state index is 0. The van der Waals surface area contributed by atoms with Gasteiger partial charge in [0.15, 0.2) is 0 Å². The molecule has 0 bridgehead atoms. The van der Waals surface area contributed by atoms with Crippen LogP contribution in [-0.4, -0.2) is 74.6 Å². The second-order valence-corrected chi connectivity index (χ2v) is 0. The van der Waals surface area contributed by atoms with E-state index in [1.165, 1.54) is 0 Å². The van der Waals surface area contributed by atoms with Gasteiger partial charge in [0.25, 0.3) is 0 Å². The van der Waals surface area contributed by atoms with E-state index >= 15 is 0 Å². The Morgan fingerprint density at radius 3 is 1.00 bits per heavy atom. The van der Waals surface area contributed by atoms with Gasteiger partial charge in [-0.3, -0.25) is 0 Å². The molecule has 0 saturated heterocycles. The molecular weight excluding hydrogens is 379 g/mol. The molecule has 0 aromatic carbocycles. The summed E-state index contributed by atoms with van der Waals surface area (Å²) in [5.74, 6) is 0. The van der Waals surface area contributed by atoms with Gasteiger partial charge in [0.05, 0.1) is 0 Å². The van der Waals surface area contributed by atoms with Gasteiger partial charge in [0, 0.05) is 41.7 Å². The Kier molecular flexibility index (Phi) is 98.2. The van der Waals surface area contributed by atoms with E-state index in [0.717, 1.165) is 0 Å². The molecule has 4 heavy (non-hydrogen) atoms. The van der Waals surface area contributed by atoms with E-state index in [1.54, 1.807) is 0 Å². The first-order chi connectivity index (χ1) is 0. The number of hydrogen-bond donors (Lipinski definition) is 0. The third-order valence-corrected chi connectivity index (χ3v) is 0. The van der Waals surface area contributed by atoms with Crippen LogP contribution in [0.2, 0.25) is 0 Å². The molecule has 0 aliphatic rings. The maximum absolute atomic E-state index is 0. The van der Waals surface area contributed by atoms with Crippen LogP contribution in [0.3, 0.4) is 0 Å². The summed E-state index contributed by atoms with van der Waals surface area (Å²) in [5, 5.41) is 0. The van der Waals surface area contributed by atoms with Crippen molar-refractivity contribution in [3.63, 3.8) is 0 Å². The van der Waals surface area contributed by atoms with Gasteiger partial charge < -0.3 is 0 Å². The Morgan fingerprint density at radius 2 is 1.00 bits per heavy atom. The minimum absolute atomic E-state index is 0. The summed E-state index contributed by atoms with van der Waals surface area (Å²) >= 11 is 0. The van der Waals surface area contributed by atoms with Gasteiger partial charge in [0.1, 0.15) is 0 Å². The summed E-state index contributed by atoms with van der Waals surface area (Å²) in [6.07, 6.45) is 0. The van der Waals surface area contributed by atoms with Crippen LogP contribution < -0.4 is 0 Å². The van der Waals surface area contributed by atoms with Crippen molar-refractivity contribution in [3.05, 3.63) is 0 Å². The van der Waals surface area contributed by atoms with Crippen LogP contribution in [0, 0.1) is 41.7 Å². The van der Waals surface area contributed by atoms with Crippen LogP contribution in [0.5, 0.6) is 0 Å². The van der Waals surface area contributed by atoms with E-state index < -0.39 is 0 Å². The fraction of sp³-hybridized carbons (Fsp3) is 0. The molecule has 16 valence electrons. The summed E-state index contributed by atoms with van der Waals surface area (Å²) in [6, 6.07) is 0. The predicted octanol–water partition coefficient (Wildman–Crippen LogP) is -2.48. The minimum atomic E-state index is 0. The van der Waals surface area contributed by atoms with Gasteiger partial charge in [-0.1, -0.05) is 0 Å². The molecule has 0 amide bonds. The second-order valence-electron chi connectivity index (χ2n) is 0. The second kappa shape index (κ2) is 15.8. The van der Waals surface area contributed by atoms with Crippen LogP contribution in [-0.2, 0) is 0 Å². The summed E-state index contributed by atoms with van der Waals surface area (Å²) in [6.45, 7) is 0. The Balaban J connectivity index is 0. The van der Waals surface area contributed by atoms with E-state index in [4.69, 9.17) is 0 Å². The standard InChI is InChI=1S/Bi.Ce.Li.Na.5H. The molecule has 0 radical (unpaired) electrons. The van der Waals surface area contributed by atoms with Gasteiger partial charge in [-0.15, -0.1) is 0 Å². The molecule has 0 unspecified atom stereocenters. The molecular formula is H5BiCeLiNa. The third kappa shape index (κ3) is 9.29. The van der Waals surface area contributed by atoms with Crippen LogP contribution in [0.25, 0.3) is 0 Å². The van der Waals surface area contributed by atoms with Crippen LogP contribution in [0.15, 0.2) is 0 Å². The van der Waals surface area contributed by atoms with Crippen LogP contribution in [0.4, 0.5) is 0 Å². The van der Waals surface area contributed by atoms with Crippen molar-refractivity contribution in [2.24, 2.45) is 0 Å². The third-order valence-electron chi connectivity index (χ3n) is 0. The van der Waals surface area contributed by atoms with Gasteiger partial charge in [-0.25, -0.2) is 0 Å². The zero-order valence-corrected chi connectivity index (χ0v) is 9.84. The summed E-state index contributed by atoms with van der Waals surface area (Å²) < 4.78 is 0. The van der Waals surface area contributed by atoms with Crippen molar-refractivity contribution in [1.29, 1.82) is 0 Å². The first-order valence-electron chi connectivity index (χ1n) is 0. The fourth-order valence-electron chi connectivity index (χ4n) is 0. The van der Waals surface area contributed by atoms with E-state index in [2.05, 4.69) is 0 Å². The monoisotopic (exact) mass is 384 g/mol. The van der Waals surface area contributed by atoms with Crippen molar-refractivity contribution in [3.8, 4) is 0 Å². The van der Waals surface area contributed by atoms with Crippen molar-refractivity contribution in [2.75, 3.05) is 0 Å². The Labute approximate surface area is 113 Å². The van der Waals surface area contributed by atoms with Gasteiger partial charge in [0.2, 0.25) is 0 Å². The number of rotatable bonds is 0. The van der Waals surface area contributed by atoms with E-state index in [-0.39, 0.29) is 116 Å². The molecule has 0 aliphatic carbocycles. The zero-order chi connectivity index (χ0) is 0. The van der Waals surface area contributed by atoms with Crippen molar-refractivity contribution in [1.82, 2.24) is 0 Å². The van der Waals surface area contributed by atoms with Gasteiger partial charge in [-0.05, 0) is 0 Å². The molecule has 0 N–H and O–H groups in total. The molecule has 0 rings (SSSR count). The molecule has 0 saturated carbocycles. The molecule has 0 atom stereocenters. The van der Waals surface area contributed by atoms with Crippen molar-refractivity contribution in [2.45, 2.75) is 0 Å². The normalized spacial score (nSPS) is 0. The molecule has 0 aromatic heterocycles. The Bertz CT molecular complexity index is 8.00.